The molecule has 3 N–H and O–H groups in total. The van der Waals surface area contributed by atoms with Crippen LogP contribution in [0.25, 0.3) is 22.2 Å². The Kier molecular flexibility index (Phi) is 6.67. The van der Waals surface area contributed by atoms with E-state index in [9.17, 15) is 17.6 Å². The Morgan fingerprint density at radius 1 is 1.12 bits per heavy atom. The second-order valence-corrected chi connectivity index (χ2v) is 12.6. The number of piperazine rings is 1. The fourth-order valence-electron chi connectivity index (χ4n) is 7.47. The van der Waals surface area contributed by atoms with Crippen molar-refractivity contribution in [2.24, 2.45) is 0 Å². The quantitative estimate of drug-likeness (QED) is 0.386. The maximum Gasteiger partial charge on any atom is 0.418 e. The first-order valence-electron chi connectivity index (χ1n) is 14.4. The lowest BCUT2D eigenvalue weighted by molar-refractivity contribution is -0.137. The van der Waals surface area contributed by atoms with Crippen LogP contribution in [0.5, 0.6) is 6.01 Å². The van der Waals surface area contributed by atoms with Crippen LogP contribution < -0.4 is 20.7 Å². The number of nitrogens with two attached hydrogens (primary N) is 1. The molecule has 1 aromatic carbocycles. The van der Waals surface area contributed by atoms with Gasteiger partial charge in [0.25, 0.3) is 0 Å². The van der Waals surface area contributed by atoms with Crippen molar-refractivity contribution in [3.05, 3.63) is 34.3 Å². The van der Waals surface area contributed by atoms with Crippen LogP contribution in [0.15, 0.2) is 18.2 Å². The molecule has 0 saturated carbocycles. The number of hydrogen-bond acceptors (Lipinski definition) is 8. The van der Waals surface area contributed by atoms with Crippen LogP contribution in [-0.4, -0.2) is 76.4 Å². The van der Waals surface area contributed by atoms with Crippen molar-refractivity contribution in [1.82, 2.24) is 25.2 Å². The fraction of sp³-hybridized carbons (Fsp3) is 0.552. The highest BCUT2D eigenvalue weighted by Gasteiger charge is 2.49. The minimum Gasteiger partial charge on any atom is -0.461 e. The van der Waals surface area contributed by atoms with Gasteiger partial charge in [-0.15, -0.1) is 0 Å². The fourth-order valence-corrected chi connectivity index (χ4v) is 7.72. The lowest BCUT2D eigenvalue weighted by atomic mass is 9.95. The van der Waals surface area contributed by atoms with E-state index in [1.165, 1.54) is 19.1 Å². The smallest absolute Gasteiger partial charge is 0.418 e. The summed E-state index contributed by atoms with van der Waals surface area (Å²) in [4.78, 5) is 17.9. The number of rotatable bonds is 5. The molecule has 0 aliphatic carbocycles. The lowest BCUT2D eigenvalue weighted by Crippen LogP contribution is -2.51. The summed E-state index contributed by atoms with van der Waals surface area (Å²) in [7, 11) is 0. The number of nitrogens with one attached hydrogen (secondary N) is 1. The van der Waals surface area contributed by atoms with Crippen molar-refractivity contribution in [3.8, 4) is 17.3 Å². The maximum absolute atomic E-state index is 14.4. The molecule has 0 amide bonds. The summed E-state index contributed by atoms with van der Waals surface area (Å²) in [6.45, 7) is 4.24. The number of nitrogens with zero attached hydrogens (tertiary/aromatic N) is 5. The highest BCUT2D eigenvalue weighted by Crippen LogP contribution is 2.44. The second-order valence-electron chi connectivity index (χ2n) is 12.2. The number of alkyl halides is 4. The molecule has 2 bridgehead atoms. The van der Waals surface area contributed by atoms with E-state index in [0.717, 1.165) is 45.3 Å². The second kappa shape index (κ2) is 10.1. The van der Waals surface area contributed by atoms with Gasteiger partial charge >= 0.3 is 12.2 Å². The van der Waals surface area contributed by atoms with Gasteiger partial charge in [0.1, 0.15) is 24.4 Å². The Bertz CT molecular complexity index is 1540. The number of aromatic nitrogens is 3. The highest BCUT2D eigenvalue weighted by atomic mass is 35.5. The van der Waals surface area contributed by atoms with Crippen LogP contribution in [0.2, 0.25) is 5.02 Å². The Balaban J connectivity index is 1.34. The molecule has 4 aliphatic rings. The van der Waals surface area contributed by atoms with E-state index in [-0.39, 0.29) is 40.3 Å². The topological polar surface area (TPSA) is 92.4 Å². The Labute approximate surface area is 245 Å². The molecule has 3 aromatic rings. The molecule has 4 aliphatic heterocycles. The third kappa shape index (κ3) is 4.81. The number of pyridine rings is 1. The van der Waals surface area contributed by atoms with Gasteiger partial charge in [0.2, 0.25) is 0 Å². The van der Waals surface area contributed by atoms with Crippen molar-refractivity contribution in [2.75, 3.05) is 43.4 Å². The number of nitrogen functional groups attached to an aromatic ring is 1. The highest BCUT2D eigenvalue weighted by molar-refractivity contribution is 6.34. The number of anilines is 2. The third-order valence-electron chi connectivity index (χ3n) is 9.27. The zero-order valence-corrected chi connectivity index (χ0v) is 23.9. The van der Waals surface area contributed by atoms with Gasteiger partial charge in [-0.2, -0.15) is 23.1 Å². The molecule has 2 unspecified atom stereocenters. The molecule has 42 heavy (non-hydrogen) atoms. The Morgan fingerprint density at radius 3 is 2.62 bits per heavy atom. The summed E-state index contributed by atoms with van der Waals surface area (Å²) in [6, 6.07) is 5.05. The Morgan fingerprint density at radius 2 is 1.88 bits per heavy atom. The molecule has 8 nitrogen and oxygen atoms in total. The predicted octanol–water partition coefficient (Wildman–Crippen LogP) is 5.15. The van der Waals surface area contributed by atoms with Crippen LogP contribution in [0.3, 0.4) is 0 Å². The first-order valence-corrected chi connectivity index (χ1v) is 14.8. The van der Waals surface area contributed by atoms with E-state index in [2.05, 4.69) is 25.1 Å². The number of hydrogen-bond donors (Lipinski definition) is 2. The number of fused-ring (bicyclic) bond motifs is 4. The van der Waals surface area contributed by atoms with Gasteiger partial charge in [-0.3, -0.25) is 4.90 Å². The Hall–Kier alpha value is -2.96. The standard InChI is InChI=1S/C29H32ClF4N7O/c1-15-7-23(35)38-25(24(15)29(32,33)34)19-9-22-20(8-21(19)30)26(40-12-17-3-4-18(13-40)36-17)39-27(37-22)42-14-28-5-2-6-41(28)11-16(31)10-28/h7-9,16-18,36H,2-6,10-14H2,1H3,(H2,35,38)/t16-,17?,18?,28+/m1/s1. The van der Waals surface area contributed by atoms with Crippen molar-refractivity contribution >= 4 is 34.1 Å². The van der Waals surface area contributed by atoms with E-state index in [1.54, 1.807) is 6.07 Å². The van der Waals surface area contributed by atoms with Gasteiger partial charge in [-0.1, -0.05) is 11.6 Å². The van der Waals surface area contributed by atoms with E-state index >= 15 is 0 Å². The minimum atomic E-state index is -4.67. The van der Waals surface area contributed by atoms with Crippen LogP contribution in [-0.2, 0) is 6.18 Å². The van der Waals surface area contributed by atoms with Crippen LogP contribution >= 0.6 is 11.6 Å². The number of aryl methyl sites for hydroxylation is 1. The molecule has 7 rings (SSSR count). The first-order chi connectivity index (χ1) is 20.0. The SMILES string of the molecule is Cc1cc(N)nc(-c2cc3nc(OC[C@@]45CCCN4C[C@H](F)C5)nc(N4CC5CCC(C4)N5)c3cc2Cl)c1C(F)(F)F. The number of halogens is 5. The molecular weight excluding hydrogens is 574 g/mol. The minimum absolute atomic E-state index is 0.0431. The van der Waals surface area contributed by atoms with Crippen LogP contribution in [0.1, 0.15) is 43.2 Å². The zero-order chi connectivity index (χ0) is 29.4. The van der Waals surface area contributed by atoms with E-state index in [0.29, 0.717) is 41.8 Å². The van der Waals surface area contributed by atoms with Gasteiger partial charge < -0.3 is 20.7 Å². The predicted molar refractivity (Wildman–Crippen MR) is 153 cm³/mol. The summed E-state index contributed by atoms with van der Waals surface area (Å²) >= 11 is 6.70. The zero-order valence-electron chi connectivity index (χ0n) is 23.1. The first kappa shape index (κ1) is 27.8. The molecule has 224 valence electrons. The molecule has 0 spiro atoms. The monoisotopic (exact) mass is 605 g/mol. The average Bonchev–Trinajstić information content (AvgIpc) is 3.55. The van der Waals surface area contributed by atoms with Gasteiger partial charge in [-0.05, 0) is 62.9 Å². The maximum atomic E-state index is 14.4. The van der Waals surface area contributed by atoms with E-state index in [1.807, 2.05) is 0 Å². The van der Waals surface area contributed by atoms with Crippen molar-refractivity contribution < 1.29 is 22.3 Å². The van der Waals surface area contributed by atoms with E-state index < -0.39 is 23.5 Å². The van der Waals surface area contributed by atoms with Crippen LogP contribution in [0, 0.1) is 6.92 Å². The van der Waals surface area contributed by atoms with Gasteiger partial charge in [0.15, 0.2) is 0 Å². The molecule has 4 saturated heterocycles. The van der Waals surface area contributed by atoms with E-state index in [4.69, 9.17) is 27.1 Å². The van der Waals surface area contributed by atoms with Crippen molar-refractivity contribution in [2.45, 2.75) is 69.0 Å². The van der Waals surface area contributed by atoms with Gasteiger partial charge in [0.05, 0.1) is 27.3 Å². The summed E-state index contributed by atoms with van der Waals surface area (Å²) in [5.74, 6) is 0.573. The summed E-state index contributed by atoms with van der Waals surface area (Å²) < 4.78 is 63.2. The van der Waals surface area contributed by atoms with Crippen molar-refractivity contribution in [1.29, 1.82) is 0 Å². The van der Waals surface area contributed by atoms with Crippen LogP contribution in [0.4, 0.5) is 29.2 Å². The average molecular weight is 606 g/mol. The lowest BCUT2D eigenvalue weighted by Gasteiger charge is -2.34. The molecule has 4 atom stereocenters. The third-order valence-corrected chi connectivity index (χ3v) is 9.58. The largest absolute Gasteiger partial charge is 0.461 e. The number of ether oxygens (including phenoxy) is 1. The summed E-state index contributed by atoms with van der Waals surface area (Å²) in [5, 5.41) is 4.30. The molecular formula is C29H32ClF4N7O. The molecule has 0 radical (unpaired) electrons. The normalized spacial score (nSPS) is 27.7. The van der Waals surface area contributed by atoms with Gasteiger partial charge in [-0.25, -0.2) is 9.37 Å². The van der Waals surface area contributed by atoms with Gasteiger partial charge in [0, 0.05) is 49.1 Å². The number of benzene rings is 1. The molecule has 13 heteroatoms. The molecule has 4 fully saturated rings. The van der Waals surface area contributed by atoms with Crippen molar-refractivity contribution in [3.63, 3.8) is 0 Å². The summed E-state index contributed by atoms with van der Waals surface area (Å²) in [6.07, 6.45) is -1.26. The molecule has 2 aromatic heterocycles. The summed E-state index contributed by atoms with van der Waals surface area (Å²) in [5.41, 5.74) is 4.64. The molecule has 6 heterocycles.